The molecule has 0 radical (unpaired) electrons. The molecule has 0 saturated carbocycles. The predicted molar refractivity (Wildman–Crippen MR) is 54.2 cm³/mol. The van der Waals surface area contributed by atoms with Crippen LogP contribution in [0.2, 0.25) is 0 Å². The van der Waals surface area contributed by atoms with Gasteiger partial charge in [0.25, 0.3) is 0 Å². The largest absolute Gasteiger partial charge is 0.295 e. The lowest BCUT2D eigenvalue weighted by molar-refractivity contribution is -0.174. The number of hydrogen-bond donors (Lipinski definition) is 0. The summed E-state index contributed by atoms with van der Waals surface area (Å²) in [5.41, 5.74) is 0.773. The maximum absolute atomic E-state index is 2.49. The predicted octanol–water partition coefficient (Wildman–Crippen LogP) is 2.76. The number of hydrogen-bond acceptors (Lipinski definition) is 1. The van der Waals surface area contributed by atoms with Crippen LogP contribution in [0, 0.1) is 11.8 Å². The Morgan fingerprint density at radius 1 is 1.00 bits per heavy atom. The van der Waals surface area contributed by atoms with Gasteiger partial charge in [0.2, 0.25) is 0 Å². The first kappa shape index (κ1) is 10.0. The molecule has 0 aromatic heterocycles. The Balaban J connectivity index is 2.86. The van der Waals surface area contributed by atoms with E-state index in [0.29, 0.717) is 11.1 Å². The Morgan fingerprint density at radius 3 is 1.50 bits per heavy atom. The van der Waals surface area contributed by atoms with Gasteiger partial charge in [-0.25, -0.2) is 0 Å². The second kappa shape index (κ2) is 2.47. The van der Waals surface area contributed by atoms with Crippen molar-refractivity contribution in [3.05, 3.63) is 0 Å². The molecule has 1 heterocycles. The van der Waals surface area contributed by atoms with Crippen molar-refractivity contribution < 1.29 is 0 Å². The molecule has 0 bridgehead atoms. The van der Waals surface area contributed by atoms with Gasteiger partial charge in [0.15, 0.2) is 0 Å². The first-order valence-electron chi connectivity index (χ1n) is 4.96. The summed E-state index contributed by atoms with van der Waals surface area (Å²) in [6.45, 7) is 14.1. The SMILES string of the molecule is CC(C)C1C(C)(C)N(C)C1(C)C. The first-order chi connectivity index (χ1) is 5.22. The van der Waals surface area contributed by atoms with Gasteiger partial charge in [0.1, 0.15) is 0 Å². The Kier molecular flexibility index (Phi) is 2.07. The molecule has 1 rings (SSSR count). The first-order valence-corrected chi connectivity index (χ1v) is 4.96. The molecule has 0 atom stereocenters. The average Bonchev–Trinajstić information content (AvgIpc) is 1.83. The number of likely N-dealkylation sites (tertiary alicyclic amines) is 1. The van der Waals surface area contributed by atoms with Crippen molar-refractivity contribution >= 4 is 0 Å². The summed E-state index contributed by atoms with van der Waals surface area (Å²) in [6, 6.07) is 0. The van der Waals surface area contributed by atoms with E-state index < -0.39 is 0 Å². The Morgan fingerprint density at radius 2 is 1.33 bits per heavy atom. The average molecular weight is 169 g/mol. The number of nitrogens with zero attached hydrogens (tertiary/aromatic N) is 1. The highest BCUT2D eigenvalue weighted by Gasteiger charge is 2.58. The van der Waals surface area contributed by atoms with Gasteiger partial charge >= 0.3 is 0 Å². The molecule has 0 amide bonds. The summed E-state index contributed by atoms with van der Waals surface area (Å²) >= 11 is 0. The lowest BCUT2D eigenvalue weighted by atomic mass is 9.58. The van der Waals surface area contributed by atoms with Gasteiger partial charge in [-0.15, -0.1) is 0 Å². The molecule has 72 valence electrons. The van der Waals surface area contributed by atoms with Crippen LogP contribution in [0.1, 0.15) is 41.5 Å². The molecular formula is C11H23N. The highest BCUT2D eigenvalue weighted by atomic mass is 15.3. The minimum absolute atomic E-state index is 0.387. The standard InChI is InChI=1S/C11H23N/c1-8(2)9-10(3,4)12(7)11(9,5)6/h8-9H,1-7H3. The molecule has 0 unspecified atom stereocenters. The lowest BCUT2D eigenvalue weighted by Crippen LogP contribution is -2.75. The molecule has 1 fully saturated rings. The van der Waals surface area contributed by atoms with E-state index in [1.807, 2.05) is 0 Å². The third-order valence-corrected chi connectivity index (χ3v) is 3.92. The van der Waals surface area contributed by atoms with Gasteiger partial charge in [0.05, 0.1) is 0 Å². The number of rotatable bonds is 1. The molecule has 0 aromatic carbocycles. The monoisotopic (exact) mass is 169 g/mol. The third-order valence-electron chi connectivity index (χ3n) is 3.92. The lowest BCUT2D eigenvalue weighted by Gasteiger charge is -2.67. The van der Waals surface area contributed by atoms with Crippen molar-refractivity contribution in [2.75, 3.05) is 7.05 Å². The second-order valence-corrected chi connectivity index (χ2v) is 5.59. The smallest absolute Gasteiger partial charge is 0.0203 e. The molecule has 1 saturated heterocycles. The van der Waals surface area contributed by atoms with Crippen LogP contribution in [0.15, 0.2) is 0 Å². The summed E-state index contributed by atoms with van der Waals surface area (Å²) in [4.78, 5) is 2.49. The van der Waals surface area contributed by atoms with Gasteiger partial charge in [-0.3, -0.25) is 4.90 Å². The molecule has 1 aliphatic rings. The molecule has 1 aliphatic heterocycles. The van der Waals surface area contributed by atoms with Gasteiger partial charge in [-0.2, -0.15) is 0 Å². The van der Waals surface area contributed by atoms with E-state index in [4.69, 9.17) is 0 Å². The van der Waals surface area contributed by atoms with Crippen molar-refractivity contribution in [2.24, 2.45) is 11.8 Å². The molecule has 0 N–H and O–H groups in total. The van der Waals surface area contributed by atoms with E-state index >= 15 is 0 Å². The van der Waals surface area contributed by atoms with Crippen molar-refractivity contribution in [2.45, 2.75) is 52.6 Å². The molecule has 0 aromatic rings. The van der Waals surface area contributed by atoms with E-state index in [2.05, 4.69) is 53.5 Å². The van der Waals surface area contributed by atoms with Crippen LogP contribution in [-0.4, -0.2) is 23.0 Å². The Labute approximate surface area is 77.1 Å². The molecule has 1 nitrogen and oxygen atoms in total. The Hall–Kier alpha value is -0.0400. The van der Waals surface area contributed by atoms with Crippen LogP contribution in [0.5, 0.6) is 0 Å². The normalized spacial score (nSPS) is 29.0. The van der Waals surface area contributed by atoms with E-state index in [0.717, 1.165) is 11.8 Å². The maximum Gasteiger partial charge on any atom is 0.0203 e. The summed E-state index contributed by atoms with van der Waals surface area (Å²) < 4.78 is 0. The molecule has 1 heteroatoms. The molecular weight excluding hydrogens is 146 g/mol. The summed E-state index contributed by atoms with van der Waals surface area (Å²) in [7, 11) is 2.24. The van der Waals surface area contributed by atoms with Crippen molar-refractivity contribution in [3.63, 3.8) is 0 Å². The quantitative estimate of drug-likeness (QED) is 0.583. The van der Waals surface area contributed by atoms with Crippen LogP contribution in [0.4, 0.5) is 0 Å². The highest BCUT2D eigenvalue weighted by Crippen LogP contribution is 2.51. The van der Waals surface area contributed by atoms with Crippen LogP contribution < -0.4 is 0 Å². The second-order valence-electron chi connectivity index (χ2n) is 5.59. The van der Waals surface area contributed by atoms with Crippen molar-refractivity contribution in [1.82, 2.24) is 4.90 Å². The maximum atomic E-state index is 2.49. The van der Waals surface area contributed by atoms with Gasteiger partial charge < -0.3 is 0 Å². The van der Waals surface area contributed by atoms with E-state index in [1.54, 1.807) is 0 Å². The molecule has 0 aliphatic carbocycles. The van der Waals surface area contributed by atoms with E-state index in [9.17, 15) is 0 Å². The van der Waals surface area contributed by atoms with Gasteiger partial charge in [-0.05, 0) is 46.6 Å². The van der Waals surface area contributed by atoms with Crippen LogP contribution in [-0.2, 0) is 0 Å². The van der Waals surface area contributed by atoms with E-state index in [-0.39, 0.29) is 0 Å². The summed E-state index contributed by atoms with van der Waals surface area (Å²) in [5.74, 6) is 1.60. The zero-order valence-corrected chi connectivity index (χ0v) is 9.60. The minimum atomic E-state index is 0.387. The van der Waals surface area contributed by atoms with Crippen LogP contribution in [0.25, 0.3) is 0 Å². The summed E-state index contributed by atoms with van der Waals surface area (Å²) in [6.07, 6.45) is 0. The zero-order valence-electron chi connectivity index (χ0n) is 9.60. The van der Waals surface area contributed by atoms with E-state index in [1.165, 1.54) is 0 Å². The third kappa shape index (κ3) is 1.02. The molecule has 0 spiro atoms. The van der Waals surface area contributed by atoms with Gasteiger partial charge in [0, 0.05) is 11.1 Å². The summed E-state index contributed by atoms with van der Waals surface area (Å²) in [5, 5.41) is 0. The van der Waals surface area contributed by atoms with Crippen LogP contribution >= 0.6 is 0 Å². The van der Waals surface area contributed by atoms with Gasteiger partial charge in [-0.1, -0.05) is 13.8 Å². The molecule has 12 heavy (non-hydrogen) atoms. The zero-order chi connectivity index (χ0) is 9.73. The van der Waals surface area contributed by atoms with Crippen LogP contribution in [0.3, 0.4) is 0 Å². The van der Waals surface area contributed by atoms with Crippen molar-refractivity contribution in [3.8, 4) is 0 Å². The Bertz CT molecular complexity index is 163. The minimum Gasteiger partial charge on any atom is -0.295 e. The fourth-order valence-corrected chi connectivity index (χ4v) is 3.59. The van der Waals surface area contributed by atoms with Crippen molar-refractivity contribution in [1.29, 1.82) is 0 Å². The fraction of sp³-hybridized carbons (Fsp3) is 1.00. The highest BCUT2D eigenvalue weighted by molar-refractivity contribution is 5.12. The fourth-order valence-electron chi connectivity index (χ4n) is 3.59. The topological polar surface area (TPSA) is 3.24 Å².